The minimum absolute atomic E-state index is 0.226. The van der Waals surface area contributed by atoms with Crippen LogP contribution in [0.4, 0.5) is 4.79 Å². The Hall–Kier alpha value is -3.19. The summed E-state index contributed by atoms with van der Waals surface area (Å²) < 4.78 is 7.00. The first kappa shape index (κ1) is 17.6. The van der Waals surface area contributed by atoms with Crippen molar-refractivity contribution < 1.29 is 9.53 Å². The summed E-state index contributed by atoms with van der Waals surface area (Å²) in [5.41, 5.74) is 3.02. The standard InChI is InChI=1S/C19H21N5O2/c1-26-13-17-5-3-2-4-16(17)12-23-19(25)22-11-15-6-7-18(21-10-15)24-9-8-20-14-24/h2-10,14H,11-13H2,1H3,(H2,22,23,25). The number of carbonyl (C=O) groups excluding carboxylic acids is 1. The SMILES string of the molecule is COCc1ccccc1CNC(=O)NCc1ccc(-n2ccnc2)nc1. The summed E-state index contributed by atoms with van der Waals surface area (Å²) in [6, 6.07) is 11.5. The summed E-state index contributed by atoms with van der Waals surface area (Å²) in [5.74, 6) is 0.783. The second kappa shape index (κ2) is 8.77. The second-order valence-corrected chi connectivity index (χ2v) is 5.73. The number of ether oxygens (including phenoxy) is 1. The summed E-state index contributed by atoms with van der Waals surface area (Å²) in [7, 11) is 1.66. The molecule has 2 heterocycles. The third-order valence-electron chi connectivity index (χ3n) is 3.89. The number of benzene rings is 1. The monoisotopic (exact) mass is 351 g/mol. The minimum atomic E-state index is -0.226. The first-order chi connectivity index (χ1) is 12.8. The van der Waals surface area contributed by atoms with Crippen molar-refractivity contribution in [1.82, 2.24) is 25.2 Å². The molecule has 2 N–H and O–H groups in total. The number of nitrogens with one attached hydrogen (secondary N) is 2. The van der Waals surface area contributed by atoms with E-state index in [4.69, 9.17) is 4.74 Å². The van der Waals surface area contributed by atoms with Gasteiger partial charge >= 0.3 is 6.03 Å². The normalized spacial score (nSPS) is 10.5. The van der Waals surface area contributed by atoms with Crippen LogP contribution in [0.3, 0.4) is 0 Å². The lowest BCUT2D eigenvalue weighted by Crippen LogP contribution is -2.34. The predicted molar refractivity (Wildman–Crippen MR) is 97.6 cm³/mol. The Morgan fingerprint density at radius 1 is 1.12 bits per heavy atom. The molecule has 0 aliphatic rings. The zero-order valence-corrected chi connectivity index (χ0v) is 14.6. The number of methoxy groups -OCH3 is 1. The van der Waals surface area contributed by atoms with Crippen LogP contribution in [-0.4, -0.2) is 27.7 Å². The van der Waals surface area contributed by atoms with Gasteiger partial charge in [-0.1, -0.05) is 30.3 Å². The van der Waals surface area contributed by atoms with Crippen LogP contribution in [0.1, 0.15) is 16.7 Å². The van der Waals surface area contributed by atoms with E-state index in [-0.39, 0.29) is 6.03 Å². The van der Waals surface area contributed by atoms with Crippen molar-refractivity contribution in [1.29, 1.82) is 0 Å². The van der Waals surface area contributed by atoms with Crippen molar-refractivity contribution in [3.8, 4) is 5.82 Å². The lowest BCUT2D eigenvalue weighted by Gasteiger charge is -2.11. The van der Waals surface area contributed by atoms with Crippen molar-refractivity contribution >= 4 is 6.03 Å². The van der Waals surface area contributed by atoms with Crippen molar-refractivity contribution in [3.63, 3.8) is 0 Å². The van der Waals surface area contributed by atoms with Crippen LogP contribution in [-0.2, 0) is 24.4 Å². The molecule has 0 spiro atoms. The van der Waals surface area contributed by atoms with Crippen LogP contribution in [0.15, 0.2) is 61.3 Å². The van der Waals surface area contributed by atoms with Gasteiger partial charge in [0.05, 0.1) is 6.61 Å². The lowest BCUT2D eigenvalue weighted by atomic mass is 10.1. The Bertz CT molecular complexity index is 831. The molecule has 26 heavy (non-hydrogen) atoms. The highest BCUT2D eigenvalue weighted by Crippen LogP contribution is 2.09. The fourth-order valence-electron chi connectivity index (χ4n) is 2.52. The average molecular weight is 351 g/mol. The smallest absolute Gasteiger partial charge is 0.315 e. The van der Waals surface area contributed by atoms with Gasteiger partial charge in [0.2, 0.25) is 0 Å². The molecule has 3 aromatic rings. The quantitative estimate of drug-likeness (QED) is 0.685. The Labute approximate surface area is 152 Å². The largest absolute Gasteiger partial charge is 0.380 e. The number of carbonyl (C=O) groups is 1. The maximum Gasteiger partial charge on any atom is 0.315 e. The number of hydrogen-bond donors (Lipinski definition) is 2. The van der Waals surface area contributed by atoms with E-state index < -0.39 is 0 Å². The molecule has 0 bridgehead atoms. The van der Waals surface area contributed by atoms with E-state index in [9.17, 15) is 4.79 Å². The van der Waals surface area contributed by atoms with Gasteiger partial charge in [-0.05, 0) is 22.8 Å². The van der Waals surface area contributed by atoms with Gasteiger partial charge < -0.3 is 15.4 Å². The molecule has 3 rings (SSSR count). The highest BCUT2D eigenvalue weighted by molar-refractivity contribution is 5.73. The Kier molecular flexibility index (Phi) is 5.95. The topological polar surface area (TPSA) is 81.1 Å². The molecule has 0 aliphatic carbocycles. The molecule has 2 amide bonds. The lowest BCUT2D eigenvalue weighted by molar-refractivity contribution is 0.184. The van der Waals surface area contributed by atoms with E-state index in [1.165, 1.54) is 0 Å². The fraction of sp³-hybridized carbons (Fsp3) is 0.211. The van der Waals surface area contributed by atoms with E-state index in [0.29, 0.717) is 19.7 Å². The Morgan fingerprint density at radius 3 is 2.62 bits per heavy atom. The van der Waals surface area contributed by atoms with Crippen LogP contribution in [0, 0.1) is 0 Å². The molecule has 7 nitrogen and oxygen atoms in total. The van der Waals surface area contributed by atoms with E-state index in [1.807, 2.05) is 47.2 Å². The molecular formula is C19H21N5O2. The molecule has 0 fully saturated rings. The number of rotatable bonds is 7. The average Bonchev–Trinajstić information content (AvgIpc) is 3.21. The minimum Gasteiger partial charge on any atom is -0.380 e. The summed E-state index contributed by atoms with van der Waals surface area (Å²) in [6.45, 7) is 1.38. The fourth-order valence-corrected chi connectivity index (χ4v) is 2.52. The van der Waals surface area contributed by atoms with Crippen molar-refractivity contribution in [2.24, 2.45) is 0 Å². The van der Waals surface area contributed by atoms with Crippen molar-refractivity contribution in [2.45, 2.75) is 19.7 Å². The van der Waals surface area contributed by atoms with Crippen LogP contribution in [0.5, 0.6) is 0 Å². The van der Waals surface area contributed by atoms with Crippen LogP contribution in [0.2, 0.25) is 0 Å². The maximum atomic E-state index is 12.0. The van der Waals surface area contributed by atoms with Gasteiger partial charge in [0.15, 0.2) is 0 Å². The number of amides is 2. The molecule has 0 aliphatic heterocycles. The van der Waals surface area contributed by atoms with Gasteiger partial charge in [-0.25, -0.2) is 14.8 Å². The van der Waals surface area contributed by atoms with Gasteiger partial charge in [0.25, 0.3) is 0 Å². The number of pyridine rings is 1. The summed E-state index contributed by atoms with van der Waals surface area (Å²) in [6.07, 6.45) is 6.96. The summed E-state index contributed by atoms with van der Waals surface area (Å²) in [5, 5.41) is 5.70. The first-order valence-electron chi connectivity index (χ1n) is 8.27. The molecule has 0 saturated carbocycles. The Balaban J connectivity index is 1.48. The molecule has 1 aromatic carbocycles. The highest BCUT2D eigenvalue weighted by Gasteiger charge is 2.05. The van der Waals surface area contributed by atoms with Crippen LogP contribution >= 0.6 is 0 Å². The van der Waals surface area contributed by atoms with Gasteiger partial charge in [-0.2, -0.15) is 0 Å². The Morgan fingerprint density at radius 2 is 1.92 bits per heavy atom. The van der Waals surface area contributed by atoms with Gasteiger partial charge in [0.1, 0.15) is 12.1 Å². The number of aromatic nitrogens is 3. The third kappa shape index (κ3) is 4.67. The second-order valence-electron chi connectivity index (χ2n) is 5.73. The van der Waals surface area contributed by atoms with Gasteiger partial charge in [-0.15, -0.1) is 0 Å². The molecule has 2 aromatic heterocycles. The summed E-state index contributed by atoms with van der Waals surface area (Å²) in [4.78, 5) is 20.4. The molecule has 7 heteroatoms. The first-order valence-corrected chi connectivity index (χ1v) is 8.27. The van der Waals surface area contributed by atoms with E-state index in [0.717, 1.165) is 22.5 Å². The van der Waals surface area contributed by atoms with Crippen LogP contribution in [0.25, 0.3) is 5.82 Å². The summed E-state index contributed by atoms with van der Waals surface area (Å²) >= 11 is 0. The van der Waals surface area contributed by atoms with Crippen molar-refractivity contribution in [2.75, 3.05) is 7.11 Å². The predicted octanol–water partition coefficient (Wildman–Crippen LogP) is 2.41. The molecular weight excluding hydrogens is 330 g/mol. The van der Waals surface area contributed by atoms with Gasteiger partial charge in [-0.3, -0.25) is 4.57 Å². The van der Waals surface area contributed by atoms with Crippen molar-refractivity contribution in [3.05, 3.63) is 78.0 Å². The number of nitrogens with zero attached hydrogens (tertiary/aromatic N) is 3. The number of urea groups is 1. The van der Waals surface area contributed by atoms with Gasteiger partial charge in [0, 0.05) is 38.8 Å². The zero-order valence-electron chi connectivity index (χ0n) is 14.6. The van der Waals surface area contributed by atoms with E-state index in [1.54, 1.807) is 25.8 Å². The molecule has 0 saturated heterocycles. The molecule has 134 valence electrons. The van der Waals surface area contributed by atoms with Crippen LogP contribution < -0.4 is 10.6 Å². The maximum absolute atomic E-state index is 12.0. The van der Waals surface area contributed by atoms with E-state index in [2.05, 4.69) is 20.6 Å². The molecule has 0 atom stereocenters. The molecule has 0 radical (unpaired) electrons. The highest BCUT2D eigenvalue weighted by atomic mass is 16.5. The molecule has 0 unspecified atom stereocenters. The van der Waals surface area contributed by atoms with E-state index >= 15 is 0 Å². The zero-order chi connectivity index (χ0) is 18.2. The number of hydrogen-bond acceptors (Lipinski definition) is 4. The third-order valence-corrected chi connectivity index (χ3v) is 3.89. The number of imidazole rings is 1.